The van der Waals surface area contributed by atoms with Gasteiger partial charge in [0.1, 0.15) is 6.04 Å². The van der Waals surface area contributed by atoms with Gasteiger partial charge in [0.2, 0.25) is 5.91 Å². The van der Waals surface area contributed by atoms with Crippen LogP contribution in [0.25, 0.3) is 0 Å². The SMILES string of the molecule is CCC1CCC(C(=O)N[C@H](C)C(=O)O)CC1. The van der Waals surface area contributed by atoms with E-state index in [9.17, 15) is 9.59 Å². The summed E-state index contributed by atoms with van der Waals surface area (Å²) in [7, 11) is 0. The Morgan fingerprint density at radius 2 is 1.88 bits per heavy atom. The first kappa shape index (κ1) is 13.0. The van der Waals surface area contributed by atoms with Crippen molar-refractivity contribution in [2.75, 3.05) is 0 Å². The molecule has 0 heterocycles. The molecule has 16 heavy (non-hydrogen) atoms. The third-order valence-electron chi connectivity index (χ3n) is 3.52. The van der Waals surface area contributed by atoms with Crippen LogP contribution in [-0.4, -0.2) is 23.0 Å². The monoisotopic (exact) mass is 227 g/mol. The van der Waals surface area contributed by atoms with Crippen molar-refractivity contribution in [3.63, 3.8) is 0 Å². The summed E-state index contributed by atoms with van der Waals surface area (Å²) in [5.41, 5.74) is 0. The minimum Gasteiger partial charge on any atom is -0.480 e. The Bertz CT molecular complexity index is 257. The molecular formula is C12H21NO3. The van der Waals surface area contributed by atoms with Crippen LogP contribution in [0.3, 0.4) is 0 Å². The molecule has 0 radical (unpaired) electrons. The number of carboxylic acid groups (broad SMARTS) is 1. The van der Waals surface area contributed by atoms with Crippen LogP contribution in [0.15, 0.2) is 0 Å². The van der Waals surface area contributed by atoms with Gasteiger partial charge in [0.15, 0.2) is 0 Å². The summed E-state index contributed by atoms with van der Waals surface area (Å²) in [5.74, 6) is -0.300. The zero-order valence-electron chi connectivity index (χ0n) is 10.0. The molecule has 1 rings (SSSR count). The largest absolute Gasteiger partial charge is 0.480 e. The number of nitrogens with one attached hydrogen (secondary N) is 1. The Morgan fingerprint density at radius 1 is 1.31 bits per heavy atom. The Kier molecular flexibility index (Phi) is 4.77. The first-order chi connectivity index (χ1) is 7.54. The number of amides is 1. The highest BCUT2D eigenvalue weighted by atomic mass is 16.4. The van der Waals surface area contributed by atoms with Crippen LogP contribution >= 0.6 is 0 Å². The number of aliphatic carboxylic acids is 1. The standard InChI is InChI=1S/C12H21NO3/c1-3-9-4-6-10(7-5-9)11(14)13-8(2)12(15)16/h8-10H,3-7H2,1-2H3,(H,13,14)(H,15,16)/t8-,9?,10?/m1/s1. The zero-order valence-corrected chi connectivity index (χ0v) is 10.0. The van der Waals surface area contributed by atoms with Crippen molar-refractivity contribution in [3.8, 4) is 0 Å². The summed E-state index contributed by atoms with van der Waals surface area (Å²) in [6, 6.07) is -0.781. The van der Waals surface area contributed by atoms with Gasteiger partial charge in [-0.2, -0.15) is 0 Å². The van der Waals surface area contributed by atoms with E-state index in [-0.39, 0.29) is 11.8 Å². The molecule has 0 bridgehead atoms. The van der Waals surface area contributed by atoms with Crippen molar-refractivity contribution < 1.29 is 14.7 Å². The molecule has 1 atom stereocenters. The van der Waals surface area contributed by atoms with Crippen LogP contribution in [0.5, 0.6) is 0 Å². The van der Waals surface area contributed by atoms with E-state index in [1.165, 1.54) is 13.3 Å². The maximum atomic E-state index is 11.7. The van der Waals surface area contributed by atoms with Gasteiger partial charge in [-0.15, -0.1) is 0 Å². The number of rotatable bonds is 4. The molecule has 0 saturated heterocycles. The second kappa shape index (κ2) is 5.87. The van der Waals surface area contributed by atoms with E-state index in [0.717, 1.165) is 31.6 Å². The molecule has 4 heteroatoms. The number of carbonyl (C=O) groups excluding carboxylic acids is 1. The van der Waals surface area contributed by atoms with Gasteiger partial charge >= 0.3 is 5.97 Å². The zero-order chi connectivity index (χ0) is 12.1. The summed E-state index contributed by atoms with van der Waals surface area (Å²) in [6.07, 6.45) is 5.17. The third kappa shape index (κ3) is 3.51. The van der Waals surface area contributed by atoms with E-state index in [1.807, 2.05) is 0 Å². The first-order valence-electron chi connectivity index (χ1n) is 6.07. The molecule has 92 valence electrons. The van der Waals surface area contributed by atoms with E-state index >= 15 is 0 Å². The predicted octanol–water partition coefficient (Wildman–Crippen LogP) is 1.79. The van der Waals surface area contributed by atoms with Gasteiger partial charge < -0.3 is 10.4 Å². The van der Waals surface area contributed by atoms with Crippen LogP contribution in [-0.2, 0) is 9.59 Å². The minimum absolute atomic E-state index is 0.0181. The van der Waals surface area contributed by atoms with Crippen LogP contribution in [0, 0.1) is 11.8 Å². The Balaban J connectivity index is 2.36. The van der Waals surface area contributed by atoms with Gasteiger partial charge in [-0.3, -0.25) is 9.59 Å². The fraction of sp³-hybridized carbons (Fsp3) is 0.833. The molecule has 0 aliphatic heterocycles. The predicted molar refractivity (Wildman–Crippen MR) is 61.0 cm³/mol. The Hall–Kier alpha value is -1.06. The molecule has 1 fully saturated rings. The van der Waals surface area contributed by atoms with E-state index in [4.69, 9.17) is 5.11 Å². The number of carboxylic acids is 1. The van der Waals surface area contributed by atoms with Crippen molar-refractivity contribution in [3.05, 3.63) is 0 Å². The van der Waals surface area contributed by atoms with E-state index in [0.29, 0.717) is 0 Å². The lowest BCUT2D eigenvalue weighted by molar-refractivity contribution is -0.142. The van der Waals surface area contributed by atoms with Gasteiger partial charge in [-0.05, 0) is 38.5 Å². The lowest BCUT2D eigenvalue weighted by Gasteiger charge is -2.27. The van der Waals surface area contributed by atoms with Crippen LogP contribution in [0.4, 0.5) is 0 Å². The molecule has 0 aromatic carbocycles. The molecule has 4 nitrogen and oxygen atoms in total. The fourth-order valence-corrected chi connectivity index (χ4v) is 2.23. The quantitative estimate of drug-likeness (QED) is 0.769. The number of hydrogen-bond acceptors (Lipinski definition) is 2. The molecule has 1 aliphatic rings. The topological polar surface area (TPSA) is 66.4 Å². The van der Waals surface area contributed by atoms with Gasteiger partial charge in [-0.25, -0.2) is 0 Å². The second-order valence-electron chi connectivity index (χ2n) is 4.69. The van der Waals surface area contributed by atoms with Crippen molar-refractivity contribution in [2.45, 2.75) is 52.0 Å². The summed E-state index contributed by atoms with van der Waals surface area (Å²) in [4.78, 5) is 22.3. The maximum absolute atomic E-state index is 11.7. The maximum Gasteiger partial charge on any atom is 0.325 e. The van der Waals surface area contributed by atoms with Crippen molar-refractivity contribution >= 4 is 11.9 Å². The molecule has 1 saturated carbocycles. The van der Waals surface area contributed by atoms with E-state index < -0.39 is 12.0 Å². The van der Waals surface area contributed by atoms with Crippen LogP contribution < -0.4 is 5.32 Å². The first-order valence-corrected chi connectivity index (χ1v) is 6.07. The fourth-order valence-electron chi connectivity index (χ4n) is 2.23. The summed E-state index contributed by atoms with van der Waals surface area (Å²) >= 11 is 0. The number of hydrogen-bond donors (Lipinski definition) is 2. The van der Waals surface area contributed by atoms with Crippen molar-refractivity contribution in [1.82, 2.24) is 5.32 Å². The average Bonchev–Trinajstić information content (AvgIpc) is 2.28. The molecule has 0 unspecified atom stereocenters. The van der Waals surface area contributed by atoms with Crippen molar-refractivity contribution in [1.29, 1.82) is 0 Å². The highest BCUT2D eigenvalue weighted by molar-refractivity contribution is 5.84. The smallest absolute Gasteiger partial charge is 0.325 e. The van der Waals surface area contributed by atoms with Gasteiger partial charge in [0.25, 0.3) is 0 Å². The third-order valence-corrected chi connectivity index (χ3v) is 3.52. The second-order valence-corrected chi connectivity index (χ2v) is 4.69. The van der Waals surface area contributed by atoms with E-state index in [2.05, 4.69) is 12.2 Å². The number of carbonyl (C=O) groups is 2. The van der Waals surface area contributed by atoms with Gasteiger partial charge in [0.05, 0.1) is 0 Å². The highest BCUT2D eigenvalue weighted by Crippen LogP contribution is 2.30. The van der Waals surface area contributed by atoms with Crippen molar-refractivity contribution in [2.24, 2.45) is 11.8 Å². The van der Waals surface area contributed by atoms with Crippen LogP contribution in [0.2, 0.25) is 0 Å². The Morgan fingerprint density at radius 3 is 2.31 bits per heavy atom. The molecule has 1 amide bonds. The Labute approximate surface area is 96.4 Å². The molecule has 0 spiro atoms. The van der Waals surface area contributed by atoms with Crippen LogP contribution in [0.1, 0.15) is 46.0 Å². The van der Waals surface area contributed by atoms with Gasteiger partial charge in [0, 0.05) is 5.92 Å². The molecule has 2 N–H and O–H groups in total. The van der Waals surface area contributed by atoms with E-state index in [1.54, 1.807) is 0 Å². The molecule has 0 aromatic rings. The highest BCUT2D eigenvalue weighted by Gasteiger charge is 2.27. The van der Waals surface area contributed by atoms with Gasteiger partial charge in [-0.1, -0.05) is 13.3 Å². The molecule has 1 aliphatic carbocycles. The lowest BCUT2D eigenvalue weighted by atomic mass is 9.80. The minimum atomic E-state index is -0.976. The molecular weight excluding hydrogens is 206 g/mol. The summed E-state index contributed by atoms with van der Waals surface area (Å²) < 4.78 is 0. The summed E-state index contributed by atoms with van der Waals surface area (Å²) in [5, 5.41) is 11.2. The average molecular weight is 227 g/mol. The summed E-state index contributed by atoms with van der Waals surface area (Å²) in [6.45, 7) is 3.68. The molecule has 0 aromatic heterocycles. The lowest BCUT2D eigenvalue weighted by Crippen LogP contribution is -2.42. The normalized spacial score (nSPS) is 27.1.